The van der Waals surface area contributed by atoms with Gasteiger partial charge in [0.15, 0.2) is 0 Å². The van der Waals surface area contributed by atoms with E-state index in [0.29, 0.717) is 6.61 Å². The van der Waals surface area contributed by atoms with Crippen LogP contribution >= 0.6 is 24.8 Å². The van der Waals surface area contributed by atoms with Crippen molar-refractivity contribution >= 4 is 24.8 Å². The lowest BCUT2D eigenvalue weighted by Gasteiger charge is -2.22. The normalized spacial score (nSPS) is 15.8. The smallest absolute Gasteiger partial charge is 0.0887 e. The molecular weight excluding hydrogens is 259 g/mol. The monoisotopic (exact) mass is 278 g/mol. The van der Waals surface area contributed by atoms with Crippen LogP contribution < -0.4 is 5.32 Å². The average molecular weight is 279 g/mol. The first kappa shape index (κ1) is 16.6. The zero-order valence-electron chi connectivity index (χ0n) is 9.80. The van der Waals surface area contributed by atoms with Crippen molar-refractivity contribution in [3.05, 3.63) is 30.1 Å². The fourth-order valence-corrected chi connectivity index (χ4v) is 1.86. The number of hydrogen-bond donors (Lipinski definition) is 1. The maximum absolute atomic E-state index is 5.67. The molecular formula is C12H20Cl2N2O. The third kappa shape index (κ3) is 6.22. The van der Waals surface area contributed by atoms with Gasteiger partial charge in [-0.05, 0) is 44.0 Å². The third-order valence-electron chi connectivity index (χ3n) is 2.79. The molecule has 0 bridgehead atoms. The van der Waals surface area contributed by atoms with Crippen LogP contribution in [-0.4, -0.2) is 24.7 Å². The Labute approximate surface area is 115 Å². The fraction of sp³-hybridized carbons (Fsp3) is 0.583. The number of ether oxygens (including phenoxy) is 1. The molecule has 2 rings (SSSR count). The number of nitrogens with zero attached hydrogens (tertiary/aromatic N) is 1. The highest BCUT2D eigenvalue weighted by Crippen LogP contribution is 2.12. The summed E-state index contributed by atoms with van der Waals surface area (Å²) >= 11 is 0. The Hall–Kier alpha value is -0.350. The predicted molar refractivity (Wildman–Crippen MR) is 74.0 cm³/mol. The molecule has 17 heavy (non-hydrogen) atoms. The Bertz CT molecular complexity index is 279. The molecule has 1 aliphatic rings. The quantitative estimate of drug-likeness (QED) is 0.919. The zero-order chi connectivity index (χ0) is 10.3. The lowest BCUT2D eigenvalue weighted by atomic mass is 9.99. The lowest BCUT2D eigenvalue weighted by Crippen LogP contribution is -2.29. The molecule has 2 heterocycles. The van der Waals surface area contributed by atoms with Gasteiger partial charge in [0, 0.05) is 6.20 Å². The second kappa shape index (κ2) is 9.66. The molecule has 1 saturated heterocycles. The van der Waals surface area contributed by atoms with E-state index in [1.807, 2.05) is 24.4 Å². The van der Waals surface area contributed by atoms with Gasteiger partial charge in [-0.3, -0.25) is 4.98 Å². The van der Waals surface area contributed by atoms with Gasteiger partial charge in [0.05, 0.1) is 18.9 Å². The van der Waals surface area contributed by atoms with Gasteiger partial charge in [-0.1, -0.05) is 6.07 Å². The molecule has 0 unspecified atom stereocenters. The summed E-state index contributed by atoms with van der Waals surface area (Å²) in [7, 11) is 0. The largest absolute Gasteiger partial charge is 0.375 e. The molecule has 0 amide bonds. The van der Waals surface area contributed by atoms with Gasteiger partial charge < -0.3 is 10.1 Å². The Morgan fingerprint density at radius 3 is 2.65 bits per heavy atom. The molecule has 1 N–H and O–H groups in total. The first-order valence-electron chi connectivity index (χ1n) is 5.63. The van der Waals surface area contributed by atoms with Crippen LogP contribution in [0.15, 0.2) is 24.4 Å². The van der Waals surface area contributed by atoms with E-state index < -0.39 is 0 Å². The SMILES string of the molecule is Cl.Cl.c1ccc(COCC2CCNCC2)nc1. The molecule has 1 aliphatic heterocycles. The summed E-state index contributed by atoms with van der Waals surface area (Å²) in [6, 6.07) is 5.93. The number of pyridine rings is 1. The summed E-state index contributed by atoms with van der Waals surface area (Å²) in [5, 5.41) is 3.35. The molecule has 0 aromatic carbocycles. The molecule has 1 aromatic rings. The molecule has 0 spiro atoms. The molecule has 0 aliphatic carbocycles. The van der Waals surface area contributed by atoms with Crippen LogP contribution in [-0.2, 0) is 11.3 Å². The Balaban J connectivity index is 0.00000128. The first-order chi connectivity index (χ1) is 7.45. The number of rotatable bonds is 4. The Morgan fingerprint density at radius 1 is 1.24 bits per heavy atom. The summed E-state index contributed by atoms with van der Waals surface area (Å²) in [6.45, 7) is 3.79. The topological polar surface area (TPSA) is 34.1 Å². The van der Waals surface area contributed by atoms with Crippen LogP contribution in [0.1, 0.15) is 18.5 Å². The van der Waals surface area contributed by atoms with E-state index in [1.165, 1.54) is 12.8 Å². The summed E-state index contributed by atoms with van der Waals surface area (Å²) in [5.74, 6) is 0.731. The number of hydrogen-bond acceptors (Lipinski definition) is 3. The van der Waals surface area contributed by atoms with E-state index in [9.17, 15) is 0 Å². The van der Waals surface area contributed by atoms with Gasteiger partial charge in [-0.2, -0.15) is 0 Å². The minimum absolute atomic E-state index is 0. The van der Waals surface area contributed by atoms with Gasteiger partial charge in [-0.25, -0.2) is 0 Å². The van der Waals surface area contributed by atoms with Crippen LogP contribution in [0.25, 0.3) is 0 Å². The van der Waals surface area contributed by atoms with Crippen molar-refractivity contribution in [2.45, 2.75) is 19.4 Å². The van der Waals surface area contributed by atoms with Gasteiger partial charge in [0.2, 0.25) is 0 Å². The van der Waals surface area contributed by atoms with Gasteiger partial charge in [0.1, 0.15) is 0 Å². The Morgan fingerprint density at radius 2 is 2.00 bits per heavy atom. The molecule has 0 radical (unpaired) electrons. The summed E-state index contributed by atoms with van der Waals surface area (Å²) in [6.07, 6.45) is 4.29. The van der Waals surface area contributed by atoms with Gasteiger partial charge in [0.25, 0.3) is 0 Å². The van der Waals surface area contributed by atoms with E-state index in [0.717, 1.165) is 31.3 Å². The second-order valence-electron chi connectivity index (χ2n) is 4.03. The Kier molecular flexibility index (Phi) is 9.46. The second-order valence-corrected chi connectivity index (χ2v) is 4.03. The van der Waals surface area contributed by atoms with Crippen LogP contribution in [0.5, 0.6) is 0 Å². The molecule has 1 aromatic heterocycles. The van der Waals surface area contributed by atoms with Crippen molar-refractivity contribution in [2.75, 3.05) is 19.7 Å². The number of halogens is 2. The molecule has 0 saturated carbocycles. The minimum Gasteiger partial charge on any atom is -0.375 e. The van der Waals surface area contributed by atoms with Crippen LogP contribution in [0.3, 0.4) is 0 Å². The summed E-state index contributed by atoms with van der Waals surface area (Å²) in [5.41, 5.74) is 1.02. The predicted octanol–water partition coefficient (Wildman–Crippen LogP) is 2.44. The maximum Gasteiger partial charge on any atom is 0.0887 e. The number of nitrogens with one attached hydrogen (secondary N) is 1. The van der Waals surface area contributed by atoms with Crippen molar-refractivity contribution in [3.63, 3.8) is 0 Å². The standard InChI is InChI=1S/C12H18N2O.2ClH/c1-2-6-14-12(3-1)10-15-9-11-4-7-13-8-5-11;;/h1-3,6,11,13H,4-5,7-10H2;2*1H. The zero-order valence-corrected chi connectivity index (χ0v) is 11.4. The highest BCUT2D eigenvalue weighted by molar-refractivity contribution is 5.85. The van der Waals surface area contributed by atoms with E-state index in [-0.39, 0.29) is 24.8 Å². The molecule has 98 valence electrons. The molecule has 3 nitrogen and oxygen atoms in total. The van der Waals surface area contributed by atoms with E-state index in [4.69, 9.17) is 4.74 Å². The summed E-state index contributed by atoms with van der Waals surface area (Å²) < 4.78 is 5.67. The number of aromatic nitrogens is 1. The maximum atomic E-state index is 5.67. The highest BCUT2D eigenvalue weighted by atomic mass is 35.5. The van der Waals surface area contributed by atoms with Crippen molar-refractivity contribution in [3.8, 4) is 0 Å². The van der Waals surface area contributed by atoms with Crippen molar-refractivity contribution in [1.29, 1.82) is 0 Å². The number of piperidine rings is 1. The highest BCUT2D eigenvalue weighted by Gasteiger charge is 2.12. The van der Waals surface area contributed by atoms with Gasteiger partial charge in [-0.15, -0.1) is 24.8 Å². The van der Waals surface area contributed by atoms with Gasteiger partial charge >= 0.3 is 0 Å². The fourth-order valence-electron chi connectivity index (χ4n) is 1.86. The van der Waals surface area contributed by atoms with Crippen molar-refractivity contribution in [1.82, 2.24) is 10.3 Å². The minimum atomic E-state index is 0. The lowest BCUT2D eigenvalue weighted by molar-refractivity contribution is 0.0744. The molecule has 1 fully saturated rings. The van der Waals surface area contributed by atoms with Crippen LogP contribution in [0.4, 0.5) is 0 Å². The molecule has 5 heteroatoms. The van der Waals surface area contributed by atoms with E-state index >= 15 is 0 Å². The third-order valence-corrected chi connectivity index (χ3v) is 2.79. The van der Waals surface area contributed by atoms with Crippen LogP contribution in [0.2, 0.25) is 0 Å². The summed E-state index contributed by atoms with van der Waals surface area (Å²) in [4.78, 5) is 4.22. The first-order valence-corrected chi connectivity index (χ1v) is 5.63. The van der Waals surface area contributed by atoms with Crippen molar-refractivity contribution in [2.24, 2.45) is 5.92 Å². The van der Waals surface area contributed by atoms with Crippen molar-refractivity contribution < 1.29 is 4.74 Å². The van der Waals surface area contributed by atoms with E-state index in [2.05, 4.69) is 10.3 Å². The van der Waals surface area contributed by atoms with E-state index in [1.54, 1.807) is 0 Å². The van der Waals surface area contributed by atoms with Crippen LogP contribution in [0, 0.1) is 5.92 Å². The average Bonchev–Trinajstić information content (AvgIpc) is 2.32. The molecule has 0 atom stereocenters.